The lowest BCUT2D eigenvalue weighted by Crippen LogP contribution is -2.27. The van der Waals surface area contributed by atoms with Gasteiger partial charge in [-0.05, 0) is 38.7 Å². The first-order valence-corrected chi connectivity index (χ1v) is 10.3. The highest BCUT2D eigenvalue weighted by molar-refractivity contribution is 7.92. The average molecular weight is 421 g/mol. The number of sulfonamides is 1. The third kappa shape index (κ3) is 5.74. The summed E-state index contributed by atoms with van der Waals surface area (Å²) in [5.74, 6) is 0. The molecular weight excluding hydrogens is 403 g/mol. The van der Waals surface area contributed by atoms with Crippen molar-refractivity contribution in [1.82, 2.24) is 4.90 Å². The molecule has 0 unspecified atom stereocenters. The molecule has 0 aliphatic heterocycles. The summed E-state index contributed by atoms with van der Waals surface area (Å²) in [5.41, 5.74) is -6.01. The molecule has 7 nitrogen and oxygen atoms in total. The largest absolute Gasteiger partial charge is 0.501 e. The van der Waals surface area contributed by atoms with Gasteiger partial charge >= 0.3 is 5.51 Å². The Balaban J connectivity index is 3.39. The van der Waals surface area contributed by atoms with Crippen molar-refractivity contribution in [1.29, 1.82) is 0 Å². The van der Waals surface area contributed by atoms with Gasteiger partial charge in [0, 0.05) is 6.54 Å². The van der Waals surface area contributed by atoms with E-state index in [4.69, 9.17) is 5.14 Å². The number of alkyl halides is 3. The number of rotatable bonds is 7. The molecular formula is C12H18F3N3O4S3. The minimum Gasteiger partial charge on any atom is -0.372 e. The molecule has 1 aromatic carbocycles. The van der Waals surface area contributed by atoms with Crippen molar-refractivity contribution in [2.75, 3.05) is 26.0 Å². The first-order chi connectivity index (χ1) is 11.2. The number of primary sulfonamides is 1. The van der Waals surface area contributed by atoms with Gasteiger partial charge in [-0.25, -0.2) is 22.0 Å². The summed E-state index contributed by atoms with van der Waals surface area (Å²) < 4.78 is 84.9. The summed E-state index contributed by atoms with van der Waals surface area (Å²) >= 11 is 4.16. The van der Waals surface area contributed by atoms with Gasteiger partial charge in [0.05, 0.1) is 16.0 Å². The van der Waals surface area contributed by atoms with Crippen LogP contribution in [0.4, 0.5) is 18.9 Å². The second-order valence-electron chi connectivity index (χ2n) is 5.40. The number of hydrogen-bond donors (Lipinski definition) is 3. The molecule has 13 heteroatoms. The zero-order valence-electron chi connectivity index (χ0n) is 13.3. The van der Waals surface area contributed by atoms with E-state index < -0.39 is 46.2 Å². The molecule has 0 fully saturated rings. The lowest BCUT2D eigenvalue weighted by Gasteiger charge is -2.20. The van der Waals surface area contributed by atoms with Crippen LogP contribution < -0.4 is 10.5 Å². The monoisotopic (exact) mass is 421 g/mol. The zero-order valence-corrected chi connectivity index (χ0v) is 15.8. The number of thiol groups is 1. The molecule has 1 aromatic rings. The van der Waals surface area contributed by atoms with Crippen LogP contribution in [0.15, 0.2) is 28.0 Å². The molecule has 0 spiro atoms. The molecule has 144 valence electrons. The van der Waals surface area contributed by atoms with Crippen molar-refractivity contribution in [3.8, 4) is 0 Å². The van der Waals surface area contributed by atoms with Gasteiger partial charge < -0.3 is 10.2 Å². The Labute approximate surface area is 149 Å². The van der Waals surface area contributed by atoms with Crippen molar-refractivity contribution >= 4 is 38.2 Å². The summed E-state index contributed by atoms with van der Waals surface area (Å²) in [6, 6.07) is 2.21. The van der Waals surface area contributed by atoms with Crippen molar-refractivity contribution < 1.29 is 30.0 Å². The Morgan fingerprint density at radius 3 is 2.24 bits per heavy atom. The lowest BCUT2D eigenvalue weighted by atomic mass is 10.3. The first-order valence-electron chi connectivity index (χ1n) is 6.74. The summed E-state index contributed by atoms with van der Waals surface area (Å²) in [7, 11) is -6.62. The topological polar surface area (TPSA) is 110 Å². The predicted molar refractivity (Wildman–Crippen MR) is 90.6 cm³/mol. The van der Waals surface area contributed by atoms with Crippen molar-refractivity contribution in [2.45, 2.75) is 27.1 Å². The molecule has 0 heterocycles. The van der Waals surface area contributed by atoms with E-state index in [1.807, 2.05) is 4.90 Å². The van der Waals surface area contributed by atoms with Gasteiger partial charge in [0.15, 0.2) is 0 Å². The number of nitrogens with two attached hydrogens (primary N) is 1. The Morgan fingerprint density at radius 2 is 1.80 bits per heavy atom. The van der Waals surface area contributed by atoms with E-state index in [1.165, 1.54) is 0 Å². The normalized spacial score (nSPS) is 14.6. The number of nitrogens with zero attached hydrogens (tertiary/aromatic N) is 1. The van der Waals surface area contributed by atoms with Crippen LogP contribution in [-0.4, -0.2) is 53.3 Å². The smallest absolute Gasteiger partial charge is 0.372 e. The van der Waals surface area contributed by atoms with Gasteiger partial charge in [-0.15, -0.1) is 0 Å². The van der Waals surface area contributed by atoms with E-state index in [9.17, 15) is 30.0 Å². The molecule has 0 saturated heterocycles. The number of hydrogen-bond acceptors (Lipinski definition) is 7. The maximum atomic E-state index is 12.9. The second kappa shape index (κ2) is 7.70. The standard InChI is InChI=1S/C12H18F3N3O4S3/c1-18(2)6-5-11(23)17-9-4-3-8(25(16,21)22)7-10(9)24(19,20)12(13,14)15/h3-4,7,11,17,23H,5-6H2,1-2H3,(H2,16,21,22)/t11-/m1/s1. The Morgan fingerprint density at radius 1 is 1.24 bits per heavy atom. The van der Waals surface area contributed by atoms with E-state index in [2.05, 4.69) is 17.9 Å². The van der Waals surface area contributed by atoms with E-state index in [-0.39, 0.29) is 0 Å². The van der Waals surface area contributed by atoms with Crippen LogP contribution in [0.3, 0.4) is 0 Å². The second-order valence-corrected chi connectivity index (χ2v) is 9.50. The highest BCUT2D eigenvalue weighted by Gasteiger charge is 2.48. The Kier molecular flexibility index (Phi) is 6.78. The zero-order chi connectivity index (χ0) is 19.6. The summed E-state index contributed by atoms with van der Waals surface area (Å²) in [5, 5.41) is 6.75. The third-order valence-corrected chi connectivity index (χ3v) is 5.87. The molecule has 0 radical (unpaired) electrons. The average Bonchev–Trinajstić information content (AvgIpc) is 2.43. The van der Waals surface area contributed by atoms with Crippen molar-refractivity contribution in [3.63, 3.8) is 0 Å². The van der Waals surface area contributed by atoms with Crippen LogP contribution in [0.1, 0.15) is 6.42 Å². The van der Waals surface area contributed by atoms with Crippen LogP contribution >= 0.6 is 12.6 Å². The fourth-order valence-electron chi connectivity index (χ4n) is 1.78. The van der Waals surface area contributed by atoms with Gasteiger partial charge in [0.2, 0.25) is 10.0 Å². The highest BCUT2D eigenvalue weighted by Crippen LogP contribution is 2.36. The number of halogens is 3. The molecule has 0 aromatic heterocycles. The van der Waals surface area contributed by atoms with Crippen molar-refractivity contribution in [2.24, 2.45) is 5.14 Å². The molecule has 3 N–H and O–H groups in total. The van der Waals surface area contributed by atoms with Crippen LogP contribution in [0.5, 0.6) is 0 Å². The molecule has 0 saturated carbocycles. The van der Waals surface area contributed by atoms with Crippen LogP contribution in [-0.2, 0) is 19.9 Å². The highest BCUT2D eigenvalue weighted by atomic mass is 32.2. The number of sulfone groups is 1. The van der Waals surface area contributed by atoms with Crippen LogP contribution in [0, 0.1) is 0 Å². The Bertz CT molecular complexity index is 824. The van der Waals surface area contributed by atoms with Crippen molar-refractivity contribution in [3.05, 3.63) is 18.2 Å². The third-order valence-electron chi connectivity index (χ3n) is 3.05. The van der Waals surface area contributed by atoms with Crippen LogP contribution in [0.2, 0.25) is 0 Å². The summed E-state index contributed by atoms with van der Waals surface area (Å²) in [6.45, 7) is 0.539. The Hall–Kier alpha value is -1.02. The first kappa shape index (κ1) is 22.0. The molecule has 0 aliphatic carbocycles. The molecule has 25 heavy (non-hydrogen) atoms. The van der Waals surface area contributed by atoms with E-state index >= 15 is 0 Å². The molecule has 0 bridgehead atoms. The molecule has 1 rings (SSSR count). The summed E-state index contributed by atoms with van der Waals surface area (Å²) in [6.07, 6.45) is 0.387. The fourth-order valence-corrected chi connectivity index (χ4v) is 3.59. The minimum atomic E-state index is -5.79. The summed E-state index contributed by atoms with van der Waals surface area (Å²) in [4.78, 5) is -0.164. The molecule has 0 aliphatic rings. The predicted octanol–water partition coefficient (Wildman–Crippen LogP) is 1.25. The number of benzene rings is 1. The quantitative estimate of drug-likeness (QED) is 0.452. The van der Waals surface area contributed by atoms with E-state index in [0.29, 0.717) is 19.0 Å². The maximum absolute atomic E-state index is 12.9. The molecule has 1 atom stereocenters. The number of anilines is 1. The fraction of sp³-hybridized carbons (Fsp3) is 0.500. The van der Waals surface area contributed by atoms with Gasteiger partial charge in [-0.1, -0.05) is 0 Å². The van der Waals surface area contributed by atoms with E-state index in [1.54, 1.807) is 14.1 Å². The van der Waals surface area contributed by atoms with Gasteiger partial charge in [0.1, 0.15) is 4.90 Å². The lowest BCUT2D eigenvalue weighted by molar-refractivity contribution is -0.0435. The van der Waals surface area contributed by atoms with Gasteiger partial charge in [0.25, 0.3) is 9.84 Å². The van der Waals surface area contributed by atoms with E-state index in [0.717, 1.165) is 12.1 Å². The molecule has 0 amide bonds. The van der Waals surface area contributed by atoms with Gasteiger partial charge in [-0.3, -0.25) is 0 Å². The SMILES string of the molecule is CN(C)CC[C@@H](S)Nc1ccc(S(N)(=O)=O)cc1S(=O)(=O)C(F)(F)F. The van der Waals surface area contributed by atoms with Gasteiger partial charge in [-0.2, -0.15) is 25.8 Å². The van der Waals surface area contributed by atoms with Crippen LogP contribution in [0.25, 0.3) is 0 Å². The maximum Gasteiger partial charge on any atom is 0.501 e. The minimum absolute atomic E-state index is 0.382. The number of nitrogens with one attached hydrogen (secondary N) is 1.